The lowest BCUT2D eigenvalue weighted by atomic mass is 10.0. The van der Waals surface area contributed by atoms with Gasteiger partial charge in [-0.3, -0.25) is 0 Å². The Bertz CT molecular complexity index is 914. The number of carbonyl (C=O) groups excluding carboxylic acids is 3. The van der Waals surface area contributed by atoms with E-state index >= 15 is 0 Å². The summed E-state index contributed by atoms with van der Waals surface area (Å²) >= 11 is 0. The summed E-state index contributed by atoms with van der Waals surface area (Å²) in [6.07, 6.45) is -0.225. The molecule has 0 aromatic heterocycles. The Kier molecular flexibility index (Phi) is 8.46. The molecular weight excluding hydrogens is 414 g/mol. The van der Waals surface area contributed by atoms with Crippen molar-refractivity contribution in [1.29, 1.82) is 0 Å². The Hall–Kier alpha value is -3.75. The van der Waals surface area contributed by atoms with Gasteiger partial charge in [-0.25, -0.2) is 14.4 Å². The summed E-state index contributed by atoms with van der Waals surface area (Å²) in [7, 11) is 9.56. The highest BCUT2D eigenvalue weighted by Crippen LogP contribution is 2.25. The first-order valence-electron chi connectivity index (χ1n) is 9.95. The quantitative estimate of drug-likeness (QED) is 0.677. The molecule has 0 saturated heterocycles. The molecule has 0 unspecified atom stereocenters. The van der Waals surface area contributed by atoms with Crippen molar-refractivity contribution < 1.29 is 28.6 Å². The summed E-state index contributed by atoms with van der Waals surface area (Å²) in [5.41, 5.74) is 1.86. The van der Waals surface area contributed by atoms with E-state index in [1.807, 2.05) is 12.1 Å². The van der Waals surface area contributed by atoms with Gasteiger partial charge in [-0.15, -0.1) is 0 Å². The normalized spacial score (nSPS) is 10.2. The average molecular weight is 444 g/mol. The SMILES string of the molecule is CN(C)C(=O)Oc1ccc(CCc2cc(OC(=O)N(C)C)cc(OC(=O)N(C)C)c2)cc1. The monoisotopic (exact) mass is 443 g/mol. The van der Waals surface area contributed by atoms with E-state index in [-0.39, 0.29) is 11.5 Å². The van der Waals surface area contributed by atoms with E-state index in [1.165, 1.54) is 20.8 Å². The molecule has 0 saturated carbocycles. The van der Waals surface area contributed by atoms with E-state index in [0.29, 0.717) is 18.6 Å². The van der Waals surface area contributed by atoms with Gasteiger partial charge < -0.3 is 28.9 Å². The van der Waals surface area contributed by atoms with Crippen molar-refractivity contribution in [3.05, 3.63) is 53.6 Å². The van der Waals surface area contributed by atoms with Crippen LogP contribution in [0.4, 0.5) is 14.4 Å². The molecular formula is C23H29N3O6. The van der Waals surface area contributed by atoms with Gasteiger partial charge in [-0.05, 0) is 48.2 Å². The van der Waals surface area contributed by atoms with Gasteiger partial charge in [0.25, 0.3) is 0 Å². The number of aryl methyl sites for hydroxylation is 2. The number of nitrogens with zero attached hydrogens (tertiary/aromatic N) is 3. The van der Waals surface area contributed by atoms with Gasteiger partial charge in [0.15, 0.2) is 0 Å². The molecule has 172 valence electrons. The predicted molar refractivity (Wildman–Crippen MR) is 119 cm³/mol. The fraction of sp³-hybridized carbons (Fsp3) is 0.348. The van der Waals surface area contributed by atoms with Crippen LogP contribution in [0.5, 0.6) is 17.2 Å². The van der Waals surface area contributed by atoms with Crippen LogP contribution in [0, 0.1) is 0 Å². The van der Waals surface area contributed by atoms with Gasteiger partial charge in [0.1, 0.15) is 17.2 Å². The van der Waals surface area contributed by atoms with E-state index in [2.05, 4.69) is 0 Å². The number of rotatable bonds is 6. The molecule has 32 heavy (non-hydrogen) atoms. The Morgan fingerprint density at radius 2 is 0.938 bits per heavy atom. The van der Waals surface area contributed by atoms with Crippen LogP contribution in [0.3, 0.4) is 0 Å². The van der Waals surface area contributed by atoms with Crippen LogP contribution in [0.25, 0.3) is 0 Å². The molecule has 0 aliphatic carbocycles. The molecule has 0 N–H and O–H groups in total. The molecule has 0 aliphatic rings. The first-order chi connectivity index (χ1) is 15.0. The van der Waals surface area contributed by atoms with Crippen molar-refractivity contribution in [2.75, 3.05) is 42.3 Å². The van der Waals surface area contributed by atoms with E-state index in [1.54, 1.807) is 66.6 Å². The van der Waals surface area contributed by atoms with E-state index in [9.17, 15) is 14.4 Å². The molecule has 0 fully saturated rings. The molecule has 0 radical (unpaired) electrons. The predicted octanol–water partition coefficient (Wildman–Crippen LogP) is 3.65. The van der Waals surface area contributed by atoms with Crippen molar-refractivity contribution in [2.45, 2.75) is 12.8 Å². The maximum absolute atomic E-state index is 11.9. The first-order valence-corrected chi connectivity index (χ1v) is 9.95. The summed E-state index contributed by atoms with van der Waals surface area (Å²) < 4.78 is 15.9. The van der Waals surface area contributed by atoms with Gasteiger partial charge in [-0.2, -0.15) is 0 Å². The van der Waals surface area contributed by atoms with E-state index < -0.39 is 18.3 Å². The number of hydrogen-bond acceptors (Lipinski definition) is 6. The largest absolute Gasteiger partial charge is 0.414 e. The summed E-state index contributed by atoms with van der Waals surface area (Å²) in [6.45, 7) is 0. The minimum absolute atomic E-state index is 0.286. The van der Waals surface area contributed by atoms with Crippen molar-refractivity contribution in [3.8, 4) is 17.2 Å². The highest BCUT2D eigenvalue weighted by molar-refractivity contribution is 5.72. The summed E-state index contributed by atoms with van der Waals surface area (Å²) in [5.74, 6) is 1.03. The number of benzene rings is 2. The third-order valence-corrected chi connectivity index (χ3v) is 4.28. The molecule has 0 heterocycles. The Morgan fingerprint density at radius 1 is 0.562 bits per heavy atom. The van der Waals surface area contributed by atoms with Crippen LogP contribution in [0.2, 0.25) is 0 Å². The van der Waals surface area contributed by atoms with Crippen LogP contribution < -0.4 is 14.2 Å². The van der Waals surface area contributed by atoms with E-state index in [0.717, 1.165) is 11.1 Å². The van der Waals surface area contributed by atoms with Gasteiger partial charge in [0.05, 0.1) is 0 Å². The van der Waals surface area contributed by atoms with Crippen LogP contribution in [-0.2, 0) is 12.8 Å². The Labute approximate surface area is 188 Å². The number of carbonyl (C=O) groups is 3. The zero-order chi connectivity index (χ0) is 23.8. The zero-order valence-corrected chi connectivity index (χ0v) is 19.2. The smallest absolute Gasteiger partial charge is 0.410 e. The molecule has 9 heteroatoms. The Morgan fingerprint density at radius 3 is 1.34 bits per heavy atom. The highest BCUT2D eigenvalue weighted by atomic mass is 16.6. The van der Waals surface area contributed by atoms with Crippen LogP contribution in [0.15, 0.2) is 42.5 Å². The maximum Gasteiger partial charge on any atom is 0.414 e. The lowest BCUT2D eigenvalue weighted by Crippen LogP contribution is -2.26. The van der Waals surface area contributed by atoms with Crippen molar-refractivity contribution >= 4 is 18.3 Å². The minimum atomic E-state index is -0.533. The molecule has 2 aromatic rings. The standard InChI is InChI=1S/C23H29N3O6/c1-24(2)21(27)30-18-11-9-16(10-12-18)7-8-17-13-19(31-22(28)25(3)4)15-20(14-17)32-23(29)26(5)6/h9-15H,7-8H2,1-6H3. The van der Waals surface area contributed by atoms with Gasteiger partial charge >= 0.3 is 18.3 Å². The van der Waals surface area contributed by atoms with Gasteiger partial charge in [0, 0.05) is 48.4 Å². The highest BCUT2D eigenvalue weighted by Gasteiger charge is 2.13. The molecule has 2 aromatic carbocycles. The van der Waals surface area contributed by atoms with Gasteiger partial charge in [0.2, 0.25) is 0 Å². The van der Waals surface area contributed by atoms with Crippen LogP contribution in [-0.4, -0.2) is 75.3 Å². The molecule has 0 atom stereocenters. The van der Waals surface area contributed by atoms with Crippen molar-refractivity contribution in [1.82, 2.24) is 14.7 Å². The topological polar surface area (TPSA) is 88.6 Å². The number of amides is 3. The lowest BCUT2D eigenvalue weighted by Gasteiger charge is -2.15. The molecule has 0 spiro atoms. The lowest BCUT2D eigenvalue weighted by molar-refractivity contribution is 0.169. The maximum atomic E-state index is 11.9. The third kappa shape index (κ3) is 7.50. The molecule has 0 bridgehead atoms. The second-order valence-electron chi connectivity index (χ2n) is 7.74. The zero-order valence-electron chi connectivity index (χ0n) is 19.2. The number of hydrogen-bond donors (Lipinski definition) is 0. The Balaban J connectivity index is 2.13. The number of ether oxygens (including phenoxy) is 3. The minimum Gasteiger partial charge on any atom is -0.410 e. The molecule has 9 nitrogen and oxygen atoms in total. The van der Waals surface area contributed by atoms with Crippen molar-refractivity contribution in [3.63, 3.8) is 0 Å². The third-order valence-electron chi connectivity index (χ3n) is 4.28. The van der Waals surface area contributed by atoms with Gasteiger partial charge in [-0.1, -0.05) is 12.1 Å². The fourth-order valence-corrected chi connectivity index (χ4v) is 2.48. The first kappa shape index (κ1) is 24.5. The van der Waals surface area contributed by atoms with E-state index in [4.69, 9.17) is 14.2 Å². The second-order valence-corrected chi connectivity index (χ2v) is 7.74. The average Bonchev–Trinajstić information content (AvgIpc) is 2.72. The fourth-order valence-electron chi connectivity index (χ4n) is 2.48. The summed E-state index contributed by atoms with van der Waals surface area (Å²) in [4.78, 5) is 39.5. The second kappa shape index (κ2) is 11.0. The molecule has 3 amide bonds. The van der Waals surface area contributed by atoms with Crippen LogP contribution in [0.1, 0.15) is 11.1 Å². The summed E-state index contributed by atoms with van der Waals surface area (Å²) in [5, 5.41) is 0. The van der Waals surface area contributed by atoms with Crippen LogP contribution >= 0.6 is 0 Å². The van der Waals surface area contributed by atoms with Crippen molar-refractivity contribution in [2.24, 2.45) is 0 Å². The molecule has 0 aliphatic heterocycles. The summed E-state index contributed by atoms with van der Waals surface area (Å²) in [6, 6.07) is 12.2. The molecule has 2 rings (SSSR count).